The van der Waals surface area contributed by atoms with Crippen molar-refractivity contribution in [3.05, 3.63) is 58.7 Å². The van der Waals surface area contributed by atoms with Gasteiger partial charge >= 0.3 is 0 Å². The molecule has 166 valence electrons. The van der Waals surface area contributed by atoms with Gasteiger partial charge in [-0.1, -0.05) is 18.2 Å². The van der Waals surface area contributed by atoms with Crippen LogP contribution in [0.3, 0.4) is 0 Å². The van der Waals surface area contributed by atoms with Gasteiger partial charge in [0.25, 0.3) is 5.91 Å². The molecular formula is C25H27N3O4. The van der Waals surface area contributed by atoms with E-state index in [0.717, 1.165) is 29.7 Å². The molecule has 2 heterocycles. The van der Waals surface area contributed by atoms with Crippen LogP contribution in [0, 0.1) is 19.8 Å². The summed E-state index contributed by atoms with van der Waals surface area (Å²) in [5.74, 6) is 1.30. The van der Waals surface area contributed by atoms with Gasteiger partial charge in [0.1, 0.15) is 6.54 Å². The van der Waals surface area contributed by atoms with Crippen LogP contribution in [0.1, 0.15) is 47.6 Å². The van der Waals surface area contributed by atoms with Crippen LogP contribution in [-0.4, -0.2) is 47.8 Å². The molecule has 7 heteroatoms. The molecule has 1 saturated carbocycles. The maximum absolute atomic E-state index is 13.3. The van der Waals surface area contributed by atoms with Crippen LogP contribution in [0.15, 0.2) is 41.5 Å². The van der Waals surface area contributed by atoms with E-state index >= 15 is 0 Å². The zero-order valence-corrected chi connectivity index (χ0v) is 18.6. The molecule has 2 amide bonds. The smallest absolute Gasteiger partial charge is 0.262 e. The molecule has 0 spiro atoms. The van der Waals surface area contributed by atoms with Gasteiger partial charge in [-0.3, -0.25) is 9.59 Å². The lowest BCUT2D eigenvalue weighted by atomic mass is 9.96. The van der Waals surface area contributed by atoms with Gasteiger partial charge in [-0.2, -0.15) is 5.10 Å². The van der Waals surface area contributed by atoms with Crippen LogP contribution in [0.25, 0.3) is 0 Å². The van der Waals surface area contributed by atoms with Crippen LogP contribution >= 0.6 is 0 Å². The topological polar surface area (TPSA) is 71.4 Å². The molecule has 0 bridgehead atoms. The second-order valence-electron chi connectivity index (χ2n) is 8.89. The molecule has 0 N–H and O–H groups in total. The van der Waals surface area contributed by atoms with Crippen molar-refractivity contribution in [2.45, 2.75) is 39.2 Å². The third-order valence-corrected chi connectivity index (χ3v) is 6.46. The number of nitrogens with zero attached hydrogens (tertiary/aromatic N) is 3. The Morgan fingerprint density at radius 1 is 1.06 bits per heavy atom. The molecule has 1 fully saturated rings. The van der Waals surface area contributed by atoms with Gasteiger partial charge in [-0.25, -0.2) is 5.01 Å². The van der Waals surface area contributed by atoms with Crippen LogP contribution < -0.4 is 9.47 Å². The fourth-order valence-corrected chi connectivity index (χ4v) is 4.21. The lowest BCUT2D eigenvalue weighted by molar-refractivity contribution is -0.141. The Labute approximate surface area is 187 Å². The average molecular weight is 434 g/mol. The maximum Gasteiger partial charge on any atom is 0.262 e. The van der Waals surface area contributed by atoms with Gasteiger partial charge in [0.05, 0.1) is 11.8 Å². The number of amides is 2. The number of likely N-dealkylation sites (N-methyl/N-ethyl adjacent to an activating group) is 1. The molecule has 0 saturated heterocycles. The van der Waals surface area contributed by atoms with Crippen molar-refractivity contribution in [3.8, 4) is 11.5 Å². The molecule has 3 aliphatic rings. The zero-order valence-electron chi connectivity index (χ0n) is 18.6. The Kier molecular flexibility index (Phi) is 5.12. The summed E-state index contributed by atoms with van der Waals surface area (Å²) in [4.78, 5) is 27.2. The molecule has 2 aliphatic heterocycles. The van der Waals surface area contributed by atoms with Crippen molar-refractivity contribution >= 4 is 17.5 Å². The summed E-state index contributed by atoms with van der Waals surface area (Å²) in [7, 11) is 1.69. The van der Waals surface area contributed by atoms with Crippen LogP contribution in [-0.2, 0) is 9.59 Å². The molecule has 2 aromatic carbocycles. The Hall–Kier alpha value is -3.35. The number of hydrogen-bond donors (Lipinski definition) is 0. The Balaban J connectivity index is 1.44. The summed E-state index contributed by atoms with van der Waals surface area (Å²) in [5.41, 5.74) is 5.20. The quantitative estimate of drug-likeness (QED) is 0.723. The van der Waals surface area contributed by atoms with E-state index in [0.29, 0.717) is 17.9 Å². The van der Waals surface area contributed by atoms with Crippen LogP contribution in [0.5, 0.6) is 11.5 Å². The number of aryl methyl sites for hydroxylation is 2. The molecule has 0 unspecified atom stereocenters. The van der Waals surface area contributed by atoms with Crippen molar-refractivity contribution in [2.24, 2.45) is 11.0 Å². The number of rotatable bonds is 5. The molecule has 0 aromatic heterocycles. The van der Waals surface area contributed by atoms with Crippen molar-refractivity contribution in [1.82, 2.24) is 9.91 Å². The van der Waals surface area contributed by atoms with E-state index in [-0.39, 0.29) is 37.1 Å². The minimum Gasteiger partial charge on any atom is -0.454 e. The van der Waals surface area contributed by atoms with E-state index in [1.807, 2.05) is 18.2 Å². The van der Waals surface area contributed by atoms with Crippen molar-refractivity contribution in [1.29, 1.82) is 0 Å². The van der Waals surface area contributed by atoms with Crippen molar-refractivity contribution in [3.63, 3.8) is 0 Å². The van der Waals surface area contributed by atoms with E-state index in [4.69, 9.17) is 14.6 Å². The lowest BCUT2D eigenvalue weighted by Crippen LogP contribution is -2.39. The molecule has 0 radical (unpaired) electrons. The Morgan fingerprint density at radius 2 is 1.84 bits per heavy atom. The van der Waals surface area contributed by atoms with Crippen LogP contribution in [0.2, 0.25) is 0 Å². The predicted octanol–water partition coefficient (Wildman–Crippen LogP) is 3.58. The molecule has 2 aromatic rings. The number of fused-ring (bicyclic) bond motifs is 1. The van der Waals surface area contributed by atoms with Gasteiger partial charge in [-0.05, 0) is 67.1 Å². The first-order valence-corrected chi connectivity index (χ1v) is 11.0. The molecule has 32 heavy (non-hydrogen) atoms. The first kappa shape index (κ1) is 20.5. The fraction of sp³-hybridized carbons (Fsp3) is 0.400. The maximum atomic E-state index is 13.3. The lowest BCUT2D eigenvalue weighted by Gasteiger charge is -2.25. The standard InChI is InChI=1S/C25H27N3O4/c1-15-4-5-18(10-16(15)2)20-12-21(19-8-9-22-23(11-19)32-14-31-22)28(26-20)24(29)13-27(3)25(30)17-6-7-17/h4-5,8-11,17,21H,6-7,12-14H2,1-3H3/t21-/m1/s1. The molecule has 1 aliphatic carbocycles. The van der Waals surface area contributed by atoms with Crippen LogP contribution in [0.4, 0.5) is 0 Å². The van der Waals surface area contributed by atoms with Crippen molar-refractivity contribution < 1.29 is 19.1 Å². The SMILES string of the molecule is Cc1ccc(C2=NN(C(=O)CN(C)C(=O)C3CC3)[C@@H](c3ccc4c(c3)OCO4)C2)cc1C. The molecule has 7 nitrogen and oxygen atoms in total. The third kappa shape index (κ3) is 3.83. The van der Waals surface area contributed by atoms with Gasteiger partial charge in [0, 0.05) is 19.4 Å². The summed E-state index contributed by atoms with van der Waals surface area (Å²) in [5, 5.41) is 6.28. The van der Waals surface area contributed by atoms with E-state index in [1.54, 1.807) is 12.1 Å². The normalized spacial score (nSPS) is 19.2. The minimum atomic E-state index is -0.266. The second kappa shape index (κ2) is 7.97. The Morgan fingerprint density at radius 3 is 2.59 bits per heavy atom. The van der Waals surface area contributed by atoms with E-state index in [9.17, 15) is 9.59 Å². The van der Waals surface area contributed by atoms with E-state index in [1.165, 1.54) is 16.0 Å². The largest absolute Gasteiger partial charge is 0.454 e. The van der Waals surface area contributed by atoms with Gasteiger partial charge < -0.3 is 14.4 Å². The summed E-state index contributed by atoms with van der Waals surface area (Å²) in [6.07, 6.45) is 2.42. The first-order chi connectivity index (χ1) is 15.4. The summed E-state index contributed by atoms with van der Waals surface area (Å²) < 4.78 is 11.0. The molecular weight excluding hydrogens is 406 g/mol. The number of carbonyl (C=O) groups excluding carboxylic acids is 2. The number of carbonyl (C=O) groups is 2. The van der Waals surface area contributed by atoms with E-state index in [2.05, 4.69) is 32.0 Å². The summed E-state index contributed by atoms with van der Waals surface area (Å²) >= 11 is 0. The van der Waals surface area contributed by atoms with Gasteiger partial charge in [0.2, 0.25) is 12.7 Å². The zero-order chi connectivity index (χ0) is 22.4. The number of hydrogen-bond acceptors (Lipinski definition) is 5. The first-order valence-electron chi connectivity index (χ1n) is 11.0. The molecule has 1 atom stereocenters. The fourth-order valence-electron chi connectivity index (χ4n) is 4.21. The highest BCUT2D eigenvalue weighted by Gasteiger charge is 2.37. The van der Waals surface area contributed by atoms with Gasteiger partial charge in [0.15, 0.2) is 11.5 Å². The highest BCUT2D eigenvalue weighted by molar-refractivity contribution is 6.03. The highest BCUT2D eigenvalue weighted by Crippen LogP contribution is 2.39. The summed E-state index contributed by atoms with van der Waals surface area (Å²) in [6.45, 7) is 4.36. The number of hydrazone groups is 1. The summed E-state index contributed by atoms with van der Waals surface area (Å²) in [6, 6.07) is 11.7. The highest BCUT2D eigenvalue weighted by atomic mass is 16.7. The number of benzene rings is 2. The van der Waals surface area contributed by atoms with Gasteiger partial charge in [-0.15, -0.1) is 0 Å². The van der Waals surface area contributed by atoms with Crippen molar-refractivity contribution in [2.75, 3.05) is 20.4 Å². The molecule has 5 rings (SSSR count). The van der Waals surface area contributed by atoms with E-state index < -0.39 is 0 Å². The third-order valence-electron chi connectivity index (χ3n) is 6.46. The minimum absolute atomic E-state index is 0.0140. The Bertz CT molecular complexity index is 1120. The number of ether oxygens (including phenoxy) is 2. The second-order valence-corrected chi connectivity index (χ2v) is 8.89. The predicted molar refractivity (Wildman–Crippen MR) is 120 cm³/mol. The monoisotopic (exact) mass is 433 g/mol. The average Bonchev–Trinajstić information content (AvgIpc) is 3.35.